The molecule has 1 amide bonds. The number of hydrogen-bond acceptors (Lipinski definition) is 5. The van der Waals surface area contributed by atoms with Gasteiger partial charge in [0.1, 0.15) is 0 Å². The van der Waals surface area contributed by atoms with Crippen molar-refractivity contribution in [2.45, 2.75) is 31.7 Å². The fourth-order valence-corrected chi connectivity index (χ4v) is 3.09. The Bertz CT molecular complexity index is 335. The number of nitrogens with one attached hydrogen (secondary N) is 2. The van der Waals surface area contributed by atoms with E-state index in [1.54, 1.807) is 0 Å². The van der Waals surface area contributed by atoms with E-state index in [0.717, 1.165) is 19.6 Å². The summed E-state index contributed by atoms with van der Waals surface area (Å²) in [6.45, 7) is 4.10. The van der Waals surface area contributed by atoms with Crippen molar-refractivity contribution in [1.29, 1.82) is 0 Å². The van der Waals surface area contributed by atoms with E-state index in [0.29, 0.717) is 37.9 Å². The second-order valence-corrected chi connectivity index (χ2v) is 5.69. The van der Waals surface area contributed by atoms with Crippen LogP contribution >= 0.6 is 0 Å². The second-order valence-electron chi connectivity index (χ2n) is 5.69. The molecular formula is C14H25N3O3. The minimum absolute atomic E-state index is 0.0495. The van der Waals surface area contributed by atoms with Crippen molar-refractivity contribution in [3.05, 3.63) is 0 Å². The van der Waals surface area contributed by atoms with Gasteiger partial charge in [-0.05, 0) is 31.7 Å². The highest BCUT2D eigenvalue weighted by molar-refractivity contribution is 5.78. The molecule has 2 saturated heterocycles. The lowest BCUT2D eigenvalue weighted by Gasteiger charge is -2.24. The van der Waals surface area contributed by atoms with Gasteiger partial charge < -0.3 is 15.4 Å². The third-order valence-electron chi connectivity index (χ3n) is 4.15. The molecule has 6 heteroatoms. The molecule has 2 unspecified atom stereocenters. The molecule has 0 bridgehead atoms. The van der Waals surface area contributed by atoms with Gasteiger partial charge in [-0.3, -0.25) is 14.5 Å². The molecule has 2 rings (SSSR count). The highest BCUT2D eigenvalue weighted by atomic mass is 16.5. The molecule has 20 heavy (non-hydrogen) atoms. The molecule has 2 fully saturated rings. The van der Waals surface area contributed by atoms with Crippen molar-refractivity contribution in [2.24, 2.45) is 5.92 Å². The van der Waals surface area contributed by atoms with E-state index in [4.69, 9.17) is 0 Å². The molecule has 0 aromatic carbocycles. The van der Waals surface area contributed by atoms with Crippen molar-refractivity contribution in [3.8, 4) is 0 Å². The normalized spacial score (nSPS) is 26.1. The van der Waals surface area contributed by atoms with Crippen LogP contribution in [-0.4, -0.2) is 62.7 Å². The Morgan fingerprint density at radius 2 is 2.25 bits per heavy atom. The largest absolute Gasteiger partial charge is 0.469 e. The first-order chi connectivity index (χ1) is 9.69. The summed E-state index contributed by atoms with van der Waals surface area (Å²) >= 11 is 0. The summed E-state index contributed by atoms with van der Waals surface area (Å²) in [6, 6.07) is 0.566. The maximum absolute atomic E-state index is 11.8. The van der Waals surface area contributed by atoms with Crippen LogP contribution in [-0.2, 0) is 14.3 Å². The zero-order valence-corrected chi connectivity index (χ0v) is 12.2. The summed E-state index contributed by atoms with van der Waals surface area (Å²) in [5, 5.41) is 6.39. The number of carbonyl (C=O) groups excluding carboxylic acids is 2. The van der Waals surface area contributed by atoms with Crippen LogP contribution in [0.2, 0.25) is 0 Å². The van der Waals surface area contributed by atoms with E-state index >= 15 is 0 Å². The molecular weight excluding hydrogens is 258 g/mol. The Hall–Kier alpha value is -1.14. The number of fused-ring (bicyclic) bond motifs is 1. The number of esters is 1. The molecule has 6 nitrogen and oxygen atoms in total. The summed E-state index contributed by atoms with van der Waals surface area (Å²) in [6.07, 6.45) is 3.50. The Labute approximate surface area is 120 Å². The van der Waals surface area contributed by atoms with Crippen molar-refractivity contribution >= 4 is 11.9 Å². The number of methoxy groups -OCH3 is 1. The van der Waals surface area contributed by atoms with Gasteiger partial charge in [0.15, 0.2) is 0 Å². The third kappa shape index (κ3) is 4.45. The smallest absolute Gasteiger partial charge is 0.305 e. The number of likely N-dealkylation sites (tertiary alicyclic amines) is 1. The van der Waals surface area contributed by atoms with Crippen molar-refractivity contribution < 1.29 is 14.3 Å². The maximum atomic E-state index is 11.8. The van der Waals surface area contributed by atoms with E-state index in [9.17, 15) is 9.59 Å². The van der Waals surface area contributed by atoms with Crippen LogP contribution in [0.25, 0.3) is 0 Å². The highest BCUT2D eigenvalue weighted by Gasteiger charge is 2.34. The Kier molecular flexibility index (Phi) is 5.79. The molecule has 0 aromatic heterocycles. The summed E-state index contributed by atoms with van der Waals surface area (Å²) in [5.74, 6) is 0.526. The monoisotopic (exact) mass is 283 g/mol. The lowest BCUT2D eigenvalue weighted by Crippen LogP contribution is -2.41. The van der Waals surface area contributed by atoms with E-state index in [1.807, 2.05) is 0 Å². The molecule has 2 N–H and O–H groups in total. The minimum atomic E-state index is -0.228. The summed E-state index contributed by atoms with van der Waals surface area (Å²) in [5.41, 5.74) is 0. The first-order valence-electron chi connectivity index (χ1n) is 7.48. The number of amides is 1. The molecule has 2 aliphatic heterocycles. The standard InChI is InChI=1S/C14H25N3O3/c1-20-14(19)5-3-7-16-13(18)10-17-8-11-4-2-6-15-12(11)9-17/h11-12,15H,2-10H2,1H3,(H,16,18). The summed E-state index contributed by atoms with van der Waals surface area (Å²) in [4.78, 5) is 25.0. The zero-order chi connectivity index (χ0) is 14.4. The Morgan fingerprint density at radius 1 is 1.40 bits per heavy atom. The van der Waals surface area contributed by atoms with Gasteiger partial charge >= 0.3 is 5.97 Å². The van der Waals surface area contributed by atoms with E-state index in [2.05, 4.69) is 20.3 Å². The number of nitrogens with zero attached hydrogens (tertiary/aromatic N) is 1. The van der Waals surface area contributed by atoms with Crippen molar-refractivity contribution in [1.82, 2.24) is 15.5 Å². The van der Waals surface area contributed by atoms with Crippen LogP contribution in [0.1, 0.15) is 25.7 Å². The lowest BCUT2D eigenvalue weighted by atomic mass is 9.94. The van der Waals surface area contributed by atoms with Crippen LogP contribution in [0, 0.1) is 5.92 Å². The maximum Gasteiger partial charge on any atom is 0.305 e. The van der Waals surface area contributed by atoms with Gasteiger partial charge in [-0.25, -0.2) is 0 Å². The molecule has 2 atom stereocenters. The minimum Gasteiger partial charge on any atom is -0.469 e. The van der Waals surface area contributed by atoms with Gasteiger partial charge in [0, 0.05) is 32.1 Å². The Morgan fingerprint density at radius 3 is 3.00 bits per heavy atom. The number of piperidine rings is 1. The van der Waals surface area contributed by atoms with Crippen LogP contribution in [0.4, 0.5) is 0 Å². The average molecular weight is 283 g/mol. The molecule has 0 radical (unpaired) electrons. The third-order valence-corrected chi connectivity index (χ3v) is 4.15. The van der Waals surface area contributed by atoms with Gasteiger partial charge in [-0.15, -0.1) is 0 Å². The fraction of sp³-hybridized carbons (Fsp3) is 0.857. The molecule has 0 spiro atoms. The summed E-state index contributed by atoms with van der Waals surface area (Å²) < 4.78 is 4.55. The number of hydrogen-bond donors (Lipinski definition) is 2. The number of rotatable bonds is 6. The van der Waals surface area contributed by atoms with Gasteiger partial charge in [-0.1, -0.05) is 0 Å². The first kappa shape index (κ1) is 15.3. The number of carbonyl (C=O) groups is 2. The molecule has 114 valence electrons. The van der Waals surface area contributed by atoms with Crippen molar-refractivity contribution in [3.63, 3.8) is 0 Å². The van der Waals surface area contributed by atoms with E-state index in [1.165, 1.54) is 20.0 Å². The molecule has 0 aliphatic carbocycles. The quantitative estimate of drug-likeness (QED) is 0.519. The van der Waals surface area contributed by atoms with Crippen LogP contribution in [0.5, 0.6) is 0 Å². The SMILES string of the molecule is COC(=O)CCCNC(=O)CN1CC2CCCNC2C1. The topological polar surface area (TPSA) is 70.7 Å². The number of ether oxygens (including phenoxy) is 1. The van der Waals surface area contributed by atoms with Gasteiger partial charge in [0.2, 0.25) is 5.91 Å². The summed E-state index contributed by atoms with van der Waals surface area (Å²) in [7, 11) is 1.38. The van der Waals surface area contributed by atoms with Gasteiger partial charge in [0.05, 0.1) is 13.7 Å². The predicted octanol–water partition coefficient (Wildman–Crippen LogP) is -0.260. The molecule has 0 saturated carbocycles. The van der Waals surface area contributed by atoms with Crippen LogP contribution in [0.15, 0.2) is 0 Å². The van der Waals surface area contributed by atoms with E-state index < -0.39 is 0 Å². The second kappa shape index (κ2) is 7.59. The highest BCUT2D eigenvalue weighted by Crippen LogP contribution is 2.24. The molecule has 2 aliphatic rings. The Balaban J connectivity index is 1.59. The molecule has 0 aromatic rings. The fourth-order valence-electron chi connectivity index (χ4n) is 3.09. The average Bonchev–Trinajstić information content (AvgIpc) is 2.85. The predicted molar refractivity (Wildman–Crippen MR) is 75.2 cm³/mol. The zero-order valence-electron chi connectivity index (χ0n) is 12.2. The lowest BCUT2D eigenvalue weighted by molar-refractivity contribution is -0.140. The van der Waals surface area contributed by atoms with Crippen LogP contribution < -0.4 is 10.6 Å². The van der Waals surface area contributed by atoms with Crippen LogP contribution in [0.3, 0.4) is 0 Å². The van der Waals surface area contributed by atoms with Crippen molar-refractivity contribution in [2.75, 3.05) is 39.8 Å². The first-order valence-corrected chi connectivity index (χ1v) is 7.48. The van der Waals surface area contributed by atoms with Gasteiger partial charge in [0.25, 0.3) is 0 Å². The van der Waals surface area contributed by atoms with Gasteiger partial charge in [-0.2, -0.15) is 0 Å². The van der Waals surface area contributed by atoms with E-state index in [-0.39, 0.29) is 11.9 Å². The molecule has 2 heterocycles.